The Balaban J connectivity index is 1.71. The molecule has 3 rings (SSSR count). The first-order chi connectivity index (χ1) is 10.4. The first-order valence-electron chi connectivity index (χ1n) is 7.18. The molecule has 2 heterocycles. The second-order valence-corrected chi connectivity index (χ2v) is 7.89. The molecule has 0 amide bonds. The summed E-state index contributed by atoms with van der Waals surface area (Å²) >= 11 is 0. The van der Waals surface area contributed by atoms with Crippen molar-refractivity contribution in [1.82, 2.24) is 14.7 Å². The van der Waals surface area contributed by atoms with Gasteiger partial charge in [-0.3, -0.25) is 4.90 Å². The van der Waals surface area contributed by atoms with Crippen molar-refractivity contribution < 1.29 is 12.8 Å². The molecular weight excluding hydrogens is 305 g/mol. The van der Waals surface area contributed by atoms with E-state index in [9.17, 15) is 12.8 Å². The normalized spacial score (nSPS) is 21.8. The fourth-order valence-electron chi connectivity index (χ4n) is 2.66. The Labute approximate surface area is 129 Å². The standard InChI is InChI=1S/C15H18FN3O2S/c1-12-11-22(20,21)9-8-18(12)10-14-6-7-19(17-14)15-4-2-13(16)3-5-15/h2-7,12H,8-11H2,1H3. The van der Waals surface area contributed by atoms with Crippen LogP contribution in [-0.4, -0.2) is 47.2 Å². The lowest BCUT2D eigenvalue weighted by molar-refractivity contribution is 0.215. The molecule has 1 unspecified atom stereocenters. The predicted molar refractivity (Wildman–Crippen MR) is 82.0 cm³/mol. The zero-order valence-electron chi connectivity index (χ0n) is 12.3. The topological polar surface area (TPSA) is 55.2 Å². The minimum Gasteiger partial charge on any atom is -0.293 e. The zero-order chi connectivity index (χ0) is 15.7. The molecule has 0 bridgehead atoms. The summed E-state index contributed by atoms with van der Waals surface area (Å²) < 4.78 is 37.8. The second kappa shape index (κ2) is 5.81. The molecule has 7 heteroatoms. The van der Waals surface area contributed by atoms with Crippen LogP contribution in [-0.2, 0) is 16.4 Å². The molecule has 1 aliphatic heterocycles. The van der Waals surface area contributed by atoms with Crippen molar-refractivity contribution in [1.29, 1.82) is 0 Å². The smallest absolute Gasteiger partial charge is 0.153 e. The third-order valence-corrected chi connectivity index (χ3v) is 5.70. The van der Waals surface area contributed by atoms with E-state index in [1.165, 1.54) is 12.1 Å². The van der Waals surface area contributed by atoms with Crippen molar-refractivity contribution >= 4 is 9.84 Å². The molecule has 1 aliphatic rings. The molecule has 1 saturated heterocycles. The monoisotopic (exact) mass is 323 g/mol. The van der Waals surface area contributed by atoms with Crippen LogP contribution in [0.25, 0.3) is 5.69 Å². The quantitative estimate of drug-likeness (QED) is 0.861. The fourth-order valence-corrected chi connectivity index (χ4v) is 4.28. The van der Waals surface area contributed by atoms with Crippen molar-refractivity contribution in [3.8, 4) is 5.69 Å². The van der Waals surface area contributed by atoms with Gasteiger partial charge in [0.05, 0.1) is 22.9 Å². The molecule has 0 radical (unpaired) electrons. The summed E-state index contributed by atoms with van der Waals surface area (Å²) in [6.45, 7) is 3.07. The minimum atomic E-state index is -2.90. The third-order valence-electron chi connectivity index (χ3n) is 3.91. The van der Waals surface area contributed by atoms with Gasteiger partial charge in [0.1, 0.15) is 5.82 Å². The van der Waals surface area contributed by atoms with Gasteiger partial charge in [0, 0.05) is 25.3 Å². The fraction of sp³-hybridized carbons (Fsp3) is 0.400. The molecule has 0 saturated carbocycles. The molecular formula is C15H18FN3O2S. The van der Waals surface area contributed by atoms with Gasteiger partial charge in [-0.25, -0.2) is 17.5 Å². The van der Waals surface area contributed by atoms with Gasteiger partial charge in [-0.2, -0.15) is 5.10 Å². The van der Waals surface area contributed by atoms with Crippen LogP contribution in [0.15, 0.2) is 36.5 Å². The summed E-state index contributed by atoms with van der Waals surface area (Å²) in [6.07, 6.45) is 1.83. The molecule has 1 aromatic carbocycles. The SMILES string of the molecule is CC1CS(=O)(=O)CCN1Cc1ccn(-c2ccc(F)cc2)n1. The molecule has 5 nitrogen and oxygen atoms in total. The average Bonchev–Trinajstić information content (AvgIpc) is 2.91. The van der Waals surface area contributed by atoms with Crippen molar-refractivity contribution in [2.45, 2.75) is 19.5 Å². The van der Waals surface area contributed by atoms with Gasteiger partial charge in [-0.05, 0) is 37.3 Å². The van der Waals surface area contributed by atoms with Crippen LogP contribution < -0.4 is 0 Å². The van der Waals surface area contributed by atoms with E-state index in [-0.39, 0.29) is 23.4 Å². The summed E-state index contributed by atoms with van der Waals surface area (Å²) in [7, 11) is -2.90. The van der Waals surface area contributed by atoms with Crippen LogP contribution in [0.3, 0.4) is 0 Å². The lowest BCUT2D eigenvalue weighted by Gasteiger charge is -2.32. The summed E-state index contributed by atoms with van der Waals surface area (Å²) in [5.41, 5.74) is 1.66. The first-order valence-corrected chi connectivity index (χ1v) is 9.00. The van der Waals surface area contributed by atoms with Gasteiger partial charge >= 0.3 is 0 Å². The number of nitrogens with zero attached hydrogens (tertiary/aromatic N) is 3. The van der Waals surface area contributed by atoms with E-state index in [2.05, 4.69) is 10.00 Å². The van der Waals surface area contributed by atoms with Gasteiger partial charge in [0.15, 0.2) is 9.84 Å². The molecule has 0 N–H and O–H groups in total. The van der Waals surface area contributed by atoms with Gasteiger partial charge in [-0.15, -0.1) is 0 Å². The Morgan fingerprint density at radius 1 is 1.27 bits per heavy atom. The highest BCUT2D eigenvalue weighted by Crippen LogP contribution is 2.15. The molecule has 1 atom stereocenters. The van der Waals surface area contributed by atoms with Crippen molar-refractivity contribution in [2.24, 2.45) is 0 Å². The summed E-state index contributed by atoms with van der Waals surface area (Å²) in [6, 6.07) is 8.03. The lowest BCUT2D eigenvalue weighted by atomic mass is 10.3. The Morgan fingerprint density at radius 3 is 2.68 bits per heavy atom. The summed E-state index contributed by atoms with van der Waals surface area (Å²) in [5, 5.41) is 4.48. The molecule has 118 valence electrons. The Kier molecular flexibility index (Phi) is 4.01. The number of rotatable bonds is 3. The van der Waals surface area contributed by atoms with Crippen LogP contribution >= 0.6 is 0 Å². The number of hydrogen-bond acceptors (Lipinski definition) is 4. The predicted octanol–water partition coefficient (Wildman–Crippen LogP) is 1.63. The summed E-state index contributed by atoms with van der Waals surface area (Å²) in [4.78, 5) is 2.12. The van der Waals surface area contributed by atoms with E-state index in [0.29, 0.717) is 13.1 Å². The van der Waals surface area contributed by atoms with E-state index in [4.69, 9.17) is 0 Å². The number of aromatic nitrogens is 2. The highest BCUT2D eigenvalue weighted by atomic mass is 32.2. The Hall–Kier alpha value is -1.73. The van der Waals surface area contributed by atoms with E-state index in [1.807, 2.05) is 19.2 Å². The molecule has 22 heavy (non-hydrogen) atoms. The van der Waals surface area contributed by atoms with E-state index >= 15 is 0 Å². The minimum absolute atomic E-state index is 0.00489. The Bertz CT molecular complexity index is 755. The number of benzene rings is 1. The molecule has 0 aliphatic carbocycles. The van der Waals surface area contributed by atoms with Crippen molar-refractivity contribution in [3.05, 3.63) is 48.0 Å². The van der Waals surface area contributed by atoms with Crippen LogP contribution in [0.2, 0.25) is 0 Å². The van der Waals surface area contributed by atoms with Gasteiger partial charge < -0.3 is 0 Å². The number of sulfone groups is 1. The van der Waals surface area contributed by atoms with Crippen LogP contribution in [0, 0.1) is 5.82 Å². The van der Waals surface area contributed by atoms with E-state index in [1.54, 1.807) is 16.8 Å². The van der Waals surface area contributed by atoms with Crippen molar-refractivity contribution in [2.75, 3.05) is 18.1 Å². The largest absolute Gasteiger partial charge is 0.293 e. The number of hydrogen-bond donors (Lipinski definition) is 0. The lowest BCUT2D eigenvalue weighted by Crippen LogP contribution is -2.46. The highest BCUT2D eigenvalue weighted by molar-refractivity contribution is 7.91. The number of halogens is 1. The van der Waals surface area contributed by atoms with Crippen molar-refractivity contribution in [3.63, 3.8) is 0 Å². The van der Waals surface area contributed by atoms with Gasteiger partial charge in [0.2, 0.25) is 0 Å². The van der Waals surface area contributed by atoms with Crippen LogP contribution in [0.4, 0.5) is 4.39 Å². The average molecular weight is 323 g/mol. The van der Waals surface area contributed by atoms with Gasteiger partial charge in [0.25, 0.3) is 0 Å². The highest BCUT2D eigenvalue weighted by Gasteiger charge is 2.28. The molecule has 0 spiro atoms. The molecule has 1 fully saturated rings. The van der Waals surface area contributed by atoms with Crippen LogP contribution in [0.1, 0.15) is 12.6 Å². The molecule has 2 aromatic rings. The Morgan fingerprint density at radius 2 is 2.00 bits per heavy atom. The van der Waals surface area contributed by atoms with Gasteiger partial charge in [-0.1, -0.05) is 0 Å². The maximum Gasteiger partial charge on any atom is 0.153 e. The first kappa shape index (κ1) is 15.2. The van der Waals surface area contributed by atoms with Crippen LogP contribution in [0.5, 0.6) is 0 Å². The maximum atomic E-state index is 12.9. The third kappa shape index (κ3) is 3.36. The van der Waals surface area contributed by atoms with E-state index in [0.717, 1.165) is 11.4 Å². The summed E-state index contributed by atoms with van der Waals surface area (Å²) in [5.74, 6) is 0.126. The maximum absolute atomic E-state index is 12.9. The second-order valence-electron chi connectivity index (χ2n) is 5.66. The molecule has 1 aromatic heterocycles. The zero-order valence-corrected chi connectivity index (χ0v) is 13.1. The van der Waals surface area contributed by atoms with E-state index < -0.39 is 9.84 Å².